The minimum atomic E-state index is -0.339. The summed E-state index contributed by atoms with van der Waals surface area (Å²) in [7, 11) is 0. The van der Waals surface area contributed by atoms with E-state index in [4.69, 9.17) is 5.11 Å². The number of β-amino-alcohol motifs (C(OH)–C–C–N with tert-alkyl or cyclic N) is 1. The topological polar surface area (TPSA) is 55.7 Å². The molecule has 0 saturated heterocycles. The molecule has 0 heterocycles. The number of nitrogens with zero attached hydrogens (tertiary/aromatic N) is 1. The van der Waals surface area contributed by atoms with Gasteiger partial charge in [-0.3, -0.25) is 0 Å². The van der Waals surface area contributed by atoms with Crippen LogP contribution in [0, 0.1) is 0 Å². The number of aliphatic hydroxyl groups is 2. The van der Waals surface area contributed by atoms with Crippen molar-refractivity contribution in [3.8, 4) is 0 Å². The third-order valence-electron chi connectivity index (χ3n) is 3.23. The highest BCUT2D eigenvalue weighted by atomic mass is 16.3. The molecule has 1 aliphatic rings. The molecular formula is C11H24N2O2. The fourth-order valence-electron chi connectivity index (χ4n) is 1.72. The summed E-state index contributed by atoms with van der Waals surface area (Å²) in [5.74, 6) is 0. The molecule has 0 spiro atoms. The summed E-state index contributed by atoms with van der Waals surface area (Å²) in [4.78, 5) is 2.20. The van der Waals surface area contributed by atoms with Gasteiger partial charge in [0, 0.05) is 18.6 Å². The Balaban J connectivity index is 2.15. The zero-order valence-electron chi connectivity index (χ0n) is 9.87. The van der Waals surface area contributed by atoms with E-state index < -0.39 is 0 Å². The lowest BCUT2D eigenvalue weighted by molar-refractivity contribution is 0.108. The van der Waals surface area contributed by atoms with Crippen molar-refractivity contribution >= 4 is 0 Å². The minimum Gasteiger partial charge on any atom is -0.394 e. The highest BCUT2D eigenvalue weighted by Crippen LogP contribution is 2.34. The SMILES string of the molecule is CCN(CC)CC(O)CNC1(CO)CC1. The summed E-state index contributed by atoms with van der Waals surface area (Å²) < 4.78 is 0. The molecule has 0 aromatic rings. The van der Waals surface area contributed by atoms with E-state index >= 15 is 0 Å². The Morgan fingerprint density at radius 3 is 2.33 bits per heavy atom. The van der Waals surface area contributed by atoms with E-state index in [9.17, 15) is 5.11 Å². The largest absolute Gasteiger partial charge is 0.394 e. The van der Waals surface area contributed by atoms with Gasteiger partial charge in [-0.2, -0.15) is 0 Å². The summed E-state index contributed by atoms with van der Waals surface area (Å²) in [6.45, 7) is 7.61. The predicted molar refractivity (Wildman–Crippen MR) is 60.8 cm³/mol. The normalized spacial score (nSPS) is 20.6. The smallest absolute Gasteiger partial charge is 0.0791 e. The first-order valence-electron chi connectivity index (χ1n) is 5.92. The molecule has 0 radical (unpaired) electrons. The minimum absolute atomic E-state index is 0.0652. The van der Waals surface area contributed by atoms with Crippen LogP contribution in [0.4, 0.5) is 0 Å². The van der Waals surface area contributed by atoms with Crippen molar-refractivity contribution in [1.82, 2.24) is 10.2 Å². The van der Waals surface area contributed by atoms with Crippen LogP contribution in [0.1, 0.15) is 26.7 Å². The Bertz CT molecular complexity index is 179. The number of likely N-dealkylation sites (N-methyl/N-ethyl adjacent to an activating group) is 1. The predicted octanol–water partition coefficient (Wildman–Crippen LogP) is -0.196. The van der Waals surface area contributed by atoms with Crippen LogP contribution in [0.5, 0.6) is 0 Å². The molecule has 1 unspecified atom stereocenters. The maximum atomic E-state index is 9.78. The fraction of sp³-hybridized carbons (Fsp3) is 1.00. The first-order chi connectivity index (χ1) is 7.15. The number of aliphatic hydroxyl groups excluding tert-OH is 2. The molecule has 1 aliphatic carbocycles. The molecule has 1 atom stereocenters. The van der Waals surface area contributed by atoms with Crippen molar-refractivity contribution in [2.24, 2.45) is 0 Å². The molecule has 4 heteroatoms. The Morgan fingerprint density at radius 2 is 1.93 bits per heavy atom. The van der Waals surface area contributed by atoms with E-state index in [1.54, 1.807) is 0 Å². The van der Waals surface area contributed by atoms with Crippen molar-refractivity contribution in [3.05, 3.63) is 0 Å². The van der Waals surface area contributed by atoms with Crippen molar-refractivity contribution < 1.29 is 10.2 Å². The third-order valence-corrected chi connectivity index (χ3v) is 3.23. The fourth-order valence-corrected chi connectivity index (χ4v) is 1.72. The van der Waals surface area contributed by atoms with Crippen LogP contribution in [-0.4, -0.2) is 59.5 Å². The molecule has 15 heavy (non-hydrogen) atoms. The average Bonchev–Trinajstić information content (AvgIpc) is 3.04. The van der Waals surface area contributed by atoms with E-state index in [1.165, 1.54) is 0 Å². The molecule has 3 N–H and O–H groups in total. The van der Waals surface area contributed by atoms with Gasteiger partial charge in [-0.05, 0) is 25.9 Å². The van der Waals surface area contributed by atoms with Crippen molar-refractivity contribution in [3.63, 3.8) is 0 Å². The number of nitrogens with one attached hydrogen (secondary N) is 1. The summed E-state index contributed by atoms with van der Waals surface area (Å²) in [6, 6.07) is 0. The van der Waals surface area contributed by atoms with Crippen LogP contribution in [0.3, 0.4) is 0 Å². The van der Waals surface area contributed by atoms with Gasteiger partial charge in [-0.15, -0.1) is 0 Å². The average molecular weight is 216 g/mol. The molecule has 90 valence electrons. The zero-order chi connectivity index (χ0) is 11.3. The van der Waals surface area contributed by atoms with Crippen LogP contribution >= 0.6 is 0 Å². The lowest BCUT2D eigenvalue weighted by Gasteiger charge is -2.23. The second-order valence-electron chi connectivity index (χ2n) is 4.46. The van der Waals surface area contributed by atoms with E-state index in [1.807, 2.05) is 0 Å². The Hall–Kier alpha value is -0.160. The van der Waals surface area contributed by atoms with Gasteiger partial charge in [-0.25, -0.2) is 0 Å². The molecule has 1 fully saturated rings. The first kappa shape index (κ1) is 12.9. The molecule has 0 bridgehead atoms. The standard InChI is InChI=1S/C11H24N2O2/c1-3-13(4-2)8-10(15)7-12-11(9-14)5-6-11/h10,12,14-15H,3-9H2,1-2H3. The van der Waals surface area contributed by atoms with Gasteiger partial charge in [0.25, 0.3) is 0 Å². The Labute approximate surface area is 92.3 Å². The lowest BCUT2D eigenvalue weighted by atomic mass is 10.2. The zero-order valence-corrected chi connectivity index (χ0v) is 9.87. The third kappa shape index (κ3) is 4.07. The van der Waals surface area contributed by atoms with Crippen molar-refractivity contribution in [1.29, 1.82) is 0 Å². The molecule has 0 aromatic heterocycles. The molecule has 0 aromatic carbocycles. The van der Waals surface area contributed by atoms with E-state index in [-0.39, 0.29) is 18.2 Å². The van der Waals surface area contributed by atoms with Gasteiger partial charge in [0.1, 0.15) is 0 Å². The maximum absolute atomic E-state index is 9.78. The summed E-state index contributed by atoms with van der Waals surface area (Å²) in [6.07, 6.45) is 1.72. The van der Waals surface area contributed by atoms with Crippen LogP contribution in [0.15, 0.2) is 0 Å². The van der Waals surface area contributed by atoms with Crippen molar-refractivity contribution in [2.45, 2.75) is 38.3 Å². The first-order valence-corrected chi connectivity index (χ1v) is 5.92. The molecule has 1 saturated carbocycles. The Kier molecular flexibility index (Phi) is 4.99. The summed E-state index contributed by atoms with van der Waals surface area (Å²) in [5.41, 5.74) is -0.0652. The van der Waals surface area contributed by atoms with Crippen LogP contribution in [-0.2, 0) is 0 Å². The monoisotopic (exact) mass is 216 g/mol. The summed E-state index contributed by atoms with van der Waals surface area (Å²) >= 11 is 0. The molecule has 0 aliphatic heterocycles. The van der Waals surface area contributed by atoms with Crippen molar-refractivity contribution in [2.75, 3.05) is 32.8 Å². The number of hydrogen-bond donors (Lipinski definition) is 3. The number of hydrogen-bond acceptors (Lipinski definition) is 4. The van der Waals surface area contributed by atoms with E-state index in [2.05, 4.69) is 24.1 Å². The highest BCUT2D eigenvalue weighted by Gasteiger charge is 2.41. The van der Waals surface area contributed by atoms with Crippen LogP contribution in [0.25, 0.3) is 0 Å². The second kappa shape index (κ2) is 5.80. The summed E-state index contributed by atoms with van der Waals surface area (Å²) in [5, 5.41) is 22.1. The van der Waals surface area contributed by atoms with Gasteiger partial charge in [0.2, 0.25) is 0 Å². The molecule has 0 amide bonds. The van der Waals surface area contributed by atoms with Gasteiger partial charge in [-0.1, -0.05) is 13.8 Å². The molecular weight excluding hydrogens is 192 g/mol. The van der Waals surface area contributed by atoms with Crippen LogP contribution < -0.4 is 5.32 Å². The quantitative estimate of drug-likeness (QED) is 0.526. The van der Waals surface area contributed by atoms with Gasteiger partial charge in [0.05, 0.1) is 12.7 Å². The van der Waals surface area contributed by atoms with Crippen LogP contribution in [0.2, 0.25) is 0 Å². The Morgan fingerprint density at radius 1 is 1.33 bits per heavy atom. The molecule has 4 nitrogen and oxygen atoms in total. The number of rotatable bonds is 8. The van der Waals surface area contributed by atoms with Gasteiger partial charge in [0.15, 0.2) is 0 Å². The van der Waals surface area contributed by atoms with E-state index in [0.717, 1.165) is 25.9 Å². The van der Waals surface area contributed by atoms with Gasteiger partial charge < -0.3 is 20.4 Å². The van der Waals surface area contributed by atoms with Gasteiger partial charge >= 0.3 is 0 Å². The van der Waals surface area contributed by atoms with E-state index in [0.29, 0.717) is 13.1 Å². The maximum Gasteiger partial charge on any atom is 0.0791 e. The lowest BCUT2D eigenvalue weighted by Crippen LogP contribution is -2.44. The second-order valence-corrected chi connectivity index (χ2v) is 4.46. The highest BCUT2D eigenvalue weighted by molar-refractivity contribution is 5.01. The molecule has 1 rings (SSSR count).